The van der Waals surface area contributed by atoms with E-state index in [-0.39, 0.29) is 10.8 Å². The largest absolute Gasteiger partial charge is 0.353 e. The van der Waals surface area contributed by atoms with Crippen molar-refractivity contribution >= 4 is 12.0 Å². The van der Waals surface area contributed by atoms with Crippen LogP contribution in [0.3, 0.4) is 0 Å². The van der Waals surface area contributed by atoms with Gasteiger partial charge in [-0.1, -0.05) is 72.3 Å². The molecule has 2 aromatic carbocycles. The summed E-state index contributed by atoms with van der Waals surface area (Å²) in [7, 11) is 0. The molecule has 0 spiro atoms. The Balaban J connectivity index is 1.30. The van der Waals surface area contributed by atoms with Gasteiger partial charge < -0.3 is 11.1 Å². The van der Waals surface area contributed by atoms with Gasteiger partial charge in [0.2, 0.25) is 5.91 Å². The van der Waals surface area contributed by atoms with Gasteiger partial charge in [-0.15, -0.1) is 0 Å². The van der Waals surface area contributed by atoms with Crippen LogP contribution in [0.15, 0.2) is 66.2 Å². The number of benzene rings is 2. The zero-order chi connectivity index (χ0) is 23.2. The molecule has 34 heavy (non-hydrogen) atoms. The molecule has 5 fully saturated rings. The van der Waals surface area contributed by atoms with Gasteiger partial charge in [0.05, 0.1) is 5.41 Å². The molecule has 5 saturated carbocycles. The summed E-state index contributed by atoms with van der Waals surface area (Å²) in [4.78, 5) is 14.0. The molecular formula is C31H38N2O. The summed E-state index contributed by atoms with van der Waals surface area (Å²) in [5.74, 6) is 1.98. The van der Waals surface area contributed by atoms with Crippen molar-refractivity contribution in [2.75, 3.05) is 6.54 Å². The van der Waals surface area contributed by atoms with Crippen LogP contribution in [-0.4, -0.2) is 18.5 Å². The van der Waals surface area contributed by atoms with Crippen molar-refractivity contribution in [3.05, 3.63) is 77.4 Å². The fourth-order valence-electron chi connectivity index (χ4n) is 8.19. The normalized spacial score (nSPS) is 36.3. The third-order valence-corrected chi connectivity index (χ3v) is 9.68. The predicted molar refractivity (Wildman–Crippen MR) is 138 cm³/mol. The molecule has 5 aliphatic rings. The number of amides is 1. The Morgan fingerprint density at radius 1 is 0.882 bits per heavy atom. The second-order valence-electron chi connectivity index (χ2n) is 11.8. The Labute approximate surface area is 204 Å². The molecule has 0 heterocycles. The monoisotopic (exact) mass is 454 g/mol. The molecule has 5 aliphatic carbocycles. The lowest BCUT2D eigenvalue weighted by Gasteiger charge is -2.62. The average Bonchev–Trinajstić information content (AvgIpc) is 2.87. The molecule has 2 unspecified atom stereocenters. The van der Waals surface area contributed by atoms with Crippen molar-refractivity contribution < 1.29 is 4.79 Å². The summed E-state index contributed by atoms with van der Waals surface area (Å²) in [6.07, 6.45) is 12.3. The molecule has 0 saturated heterocycles. The second-order valence-corrected chi connectivity index (χ2v) is 11.8. The first kappa shape index (κ1) is 22.1. The maximum absolute atomic E-state index is 14.0. The molecule has 3 nitrogen and oxygen atoms in total. The number of allylic oxidation sites excluding steroid dienone is 1. The van der Waals surface area contributed by atoms with E-state index in [0.29, 0.717) is 29.7 Å². The van der Waals surface area contributed by atoms with Crippen molar-refractivity contribution in [2.45, 2.75) is 69.2 Å². The summed E-state index contributed by atoms with van der Waals surface area (Å²) in [5, 5.41) is 3.55. The van der Waals surface area contributed by atoms with Gasteiger partial charge in [0, 0.05) is 6.04 Å². The number of nitrogens with two attached hydrogens (primary N) is 1. The molecule has 4 bridgehead atoms. The smallest absolute Gasteiger partial charge is 0.226 e. The minimum Gasteiger partial charge on any atom is -0.353 e. The van der Waals surface area contributed by atoms with Crippen LogP contribution in [0.5, 0.6) is 0 Å². The molecule has 178 valence electrons. The van der Waals surface area contributed by atoms with Crippen LogP contribution in [-0.2, 0) is 10.2 Å². The quantitative estimate of drug-likeness (QED) is 0.595. The molecule has 0 aromatic heterocycles. The van der Waals surface area contributed by atoms with Gasteiger partial charge in [-0.05, 0) is 98.6 Å². The zero-order valence-corrected chi connectivity index (χ0v) is 20.2. The lowest BCUT2D eigenvalue weighted by Crippen LogP contribution is -2.60. The Hall–Kier alpha value is -2.39. The van der Waals surface area contributed by atoms with Crippen LogP contribution in [0, 0.1) is 23.2 Å². The average molecular weight is 455 g/mol. The predicted octanol–water partition coefficient (Wildman–Crippen LogP) is 5.85. The number of carbonyl (C=O) groups is 1. The van der Waals surface area contributed by atoms with E-state index in [9.17, 15) is 4.79 Å². The van der Waals surface area contributed by atoms with Gasteiger partial charge in [-0.3, -0.25) is 4.79 Å². The fraction of sp³-hybridized carbons (Fsp3) is 0.516. The number of hydrogen-bond donors (Lipinski definition) is 2. The standard InChI is InChI=1S/C31H38N2O/c32-20-23-11-13-27(14-12-23)33-29(34)31-18-24-16-30(21-31,26-9-5-2-6-10-26)17-25(19-31)28(24)15-22-7-3-1-4-8-22/h1-10,15,23-25,27H,11-14,16-21,32H2,(H,33,34)/t23-,24?,25?,27-,30?,31?. The van der Waals surface area contributed by atoms with Gasteiger partial charge >= 0.3 is 0 Å². The third-order valence-electron chi connectivity index (χ3n) is 9.68. The lowest BCUT2D eigenvalue weighted by atomic mass is 9.41. The molecule has 2 atom stereocenters. The Morgan fingerprint density at radius 3 is 2.12 bits per heavy atom. The molecule has 3 N–H and O–H groups in total. The molecule has 3 heteroatoms. The molecule has 2 aromatic rings. The van der Waals surface area contributed by atoms with Gasteiger partial charge in [0.1, 0.15) is 0 Å². The van der Waals surface area contributed by atoms with Crippen molar-refractivity contribution in [2.24, 2.45) is 28.9 Å². The van der Waals surface area contributed by atoms with Gasteiger partial charge in [0.15, 0.2) is 0 Å². The molecule has 0 aliphatic heterocycles. The van der Waals surface area contributed by atoms with Crippen LogP contribution >= 0.6 is 0 Å². The van der Waals surface area contributed by atoms with Crippen LogP contribution < -0.4 is 11.1 Å². The molecule has 7 rings (SSSR count). The van der Waals surface area contributed by atoms with Crippen LogP contribution in [0.4, 0.5) is 0 Å². The minimum absolute atomic E-state index is 0.135. The summed E-state index contributed by atoms with van der Waals surface area (Å²) in [6.45, 7) is 0.782. The Morgan fingerprint density at radius 2 is 1.50 bits per heavy atom. The van der Waals surface area contributed by atoms with Crippen molar-refractivity contribution in [1.29, 1.82) is 0 Å². The zero-order valence-electron chi connectivity index (χ0n) is 20.2. The van der Waals surface area contributed by atoms with Crippen LogP contribution in [0.2, 0.25) is 0 Å². The molecule has 0 radical (unpaired) electrons. The SMILES string of the molecule is NC[C@H]1CC[C@H](NC(=O)C23CC4CC(c5ccccc5)(CC(C2)C4=Cc2ccccc2)C3)CC1. The highest BCUT2D eigenvalue weighted by atomic mass is 16.2. The molecule has 1 amide bonds. The van der Waals surface area contributed by atoms with Crippen molar-refractivity contribution in [3.8, 4) is 0 Å². The van der Waals surface area contributed by atoms with E-state index < -0.39 is 0 Å². The van der Waals surface area contributed by atoms with Crippen molar-refractivity contribution in [1.82, 2.24) is 5.32 Å². The highest BCUT2D eigenvalue weighted by Gasteiger charge is 2.62. The second kappa shape index (κ2) is 8.68. The number of carbonyl (C=O) groups excluding carboxylic acids is 1. The summed E-state index contributed by atoms with van der Waals surface area (Å²) in [5.41, 5.74) is 10.2. The Kier molecular flexibility index (Phi) is 5.64. The van der Waals surface area contributed by atoms with E-state index in [1.54, 1.807) is 5.57 Å². The van der Waals surface area contributed by atoms with E-state index in [1.165, 1.54) is 24.0 Å². The third kappa shape index (κ3) is 3.82. The number of rotatable bonds is 5. The van der Waals surface area contributed by atoms with E-state index in [2.05, 4.69) is 72.1 Å². The molecular weight excluding hydrogens is 416 g/mol. The maximum atomic E-state index is 14.0. The Bertz CT molecular complexity index is 1030. The summed E-state index contributed by atoms with van der Waals surface area (Å²) < 4.78 is 0. The van der Waals surface area contributed by atoms with Crippen LogP contribution in [0.25, 0.3) is 6.08 Å². The maximum Gasteiger partial charge on any atom is 0.226 e. The minimum atomic E-state index is -0.222. The first-order chi connectivity index (χ1) is 16.6. The van der Waals surface area contributed by atoms with Gasteiger partial charge in [0.25, 0.3) is 0 Å². The van der Waals surface area contributed by atoms with E-state index >= 15 is 0 Å². The van der Waals surface area contributed by atoms with Gasteiger partial charge in [-0.2, -0.15) is 0 Å². The van der Waals surface area contributed by atoms with Crippen molar-refractivity contribution in [3.63, 3.8) is 0 Å². The number of nitrogens with one attached hydrogen (secondary N) is 1. The first-order valence-electron chi connectivity index (χ1n) is 13.4. The highest BCUT2D eigenvalue weighted by molar-refractivity contribution is 5.84. The van der Waals surface area contributed by atoms with E-state index in [0.717, 1.165) is 51.5 Å². The summed E-state index contributed by atoms with van der Waals surface area (Å²) >= 11 is 0. The topological polar surface area (TPSA) is 55.1 Å². The first-order valence-corrected chi connectivity index (χ1v) is 13.4. The lowest BCUT2D eigenvalue weighted by molar-refractivity contribution is -0.145. The van der Waals surface area contributed by atoms with E-state index in [1.807, 2.05) is 0 Å². The van der Waals surface area contributed by atoms with Gasteiger partial charge in [-0.25, -0.2) is 0 Å². The highest BCUT2D eigenvalue weighted by Crippen LogP contribution is 2.67. The number of hydrogen-bond acceptors (Lipinski definition) is 2. The van der Waals surface area contributed by atoms with Crippen LogP contribution in [0.1, 0.15) is 68.9 Å². The summed E-state index contributed by atoms with van der Waals surface area (Å²) in [6, 6.07) is 22.2. The van der Waals surface area contributed by atoms with E-state index in [4.69, 9.17) is 5.73 Å². The fourth-order valence-corrected chi connectivity index (χ4v) is 8.19.